The van der Waals surface area contributed by atoms with E-state index in [1.165, 1.54) is 13.2 Å². The smallest absolute Gasteiger partial charge is 0.330 e. The number of ether oxygens (including phenoxy) is 2. The minimum atomic E-state index is -0.771. The van der Waals surface area contributed by atoms with Gasteiger partial charge in [0.1, 0.15) is 6.10 Å². The van der Waals surface area contributed by atoms with Gasteiger partial charge in [-0.05, 0) is 26.8 Å². The van der Waals surface area contributed by atoms with Gasteiger partial charge in [0.2, 0.25) is 0 Å². The van der Waals surface area contributed by atoms with Gasteiger partial charge in [-0.2, -0.15) is 0 Å². The number of hydrogen-bond acceptors (Lipinski definition) is 5. The zero-order valence-corrected chi connectivity index (χ0v) is 10.1. The lowest BCUT2D eigenvalue weighted by molar-refractivity contribution is -0.415. The first kappa shape index (κ1) is 13.2. The molecule has 0 saturated carbocycles. The van der Waals surface area contributed by atoms with Crippen LogP contribution in [-0.4, -0.2) is 31.1 Å². The number of rotatable bonds is 2. The largest absolute Gasteiger partial charge is 0.466 e. The highest BCUT2D eigenvalue weighted by Gasteiger charge is 2.30. The van der Waals surface area contributed by atoms with Crippen LogP contribution < -0.4 is 0 Å². The van der Waals surface area contributed by atoms with Crippen molar-refractivity contribution in [3.8, 4) is 0 Å². The van der Waals surface area contributed by atoms with Crippen molar-refractivity contribution in [2.24, 2.45) is 0 Å². The molecule has 2 atom stereocenters. The van der Waals surface area contributed by atoms with E-state index in [0.717, 1.165) is 0 Å². The Hall–Kier alpha value is -0.910. The van der Waals surface area contributed by atoms with Crippen LogP contribution in [0.25, 0.3) is 0 Å². The lowest BCUT2D eigenvalue weighted by atomic mass is 10.1. The Morgan fingerprint density at radius 1 is 1.50 bits per heavy atom. The summed E-state index contributed by atoms with van der Waals surface area (Å²) in [4.78, 5) is 21.2. The molecular formula is C11H18O5. The molecule has 0 spiro atoms. The predicted molar refractivity (Wildman–Crippen MR) is 56.4 cm³/mol. The van der Waals surface area contributed by atoms with E-state index in [-0.39, 0.29) is 12.2 Å². The molecule has 0 amide bonds. The van der Waals surface area contributed by atoms with E-state index >= 15 is 0 Å². The fourth-order valence-electron chi connectivity index (χ4n) is 1.46. The minimum absolute atomic E-state index is 0.00945. The molecule has 1 rings (SSSR count). The van der Waals surface area contributed by atoms with Crippen molar-refractivity contribution in [1.82, 2.24) is 0 Å². The molecule has 1 heterocycles. The average Bonchev–Trinajstić information content (AvgIpc) is 2.32. The highest BCUT2D eigenvalue weighted by molar-refractivity contribution is 5.81. The molecule has 1 aliphatic rings. The molecular weight excluding hydrogens is 212 g/mol. The van der Waals surface area contributed by atoms with Crippen LogP contribution in [0.15, 0.2) is 12.2 Å². The monoisotopic (exact) mass is 230 g/mol. The van der Waals surface area contributed by atoms with Crippen LogP contribution in [0.4, 0.5) is 0 Å². The van der Waals surface area contributed by atoms with Gasteiger partial charge >= 0.3 is 5.97 Å². The summed E-state index contributed by atoms with van der Waals surface area (Å²) >= 11 is 0. The van der Waals surface area contributed by atoms with Crippen LogP contribution in [-0.2, 0) is 24.0 Å². The molecule has 0 bridgehead atoms. The molecule has 0 N–H and O–H groups in total. The van der Waals surface area contributed by atoms with Crippen LogP contribution >= 0.6 is 0 Å². The topological polar surface area (TPSA) is 54.0 Å². The van der Waals surface area contributed by atoms with Gasteiger partial charge in [0.25, 0.3) is 0 Å². The van der Waals surface area contributed by atoms with Crippen molar-refractivity contribution in [2.75, 3.05) is 7.11 Å². The fourth-order valence-corrected chi connectivity index (χ4v) is 1.46. The first-order valence-corrected chi connectivity index (χ1v) is 5.21. The van der Waals surface area contributed by atoms with Crippen LogP contribution in [0.3, 0.4) is 0 Å². The highest BCUT2D eigenvalue weighted by Crippen LogP contribution is 2.23. The third-order valence-corrected chi connectivity index (χ3v) is 2.07. The lowest BCUT2D eigenvalue weighted by Crippen LogP contribution is -2.29. The van der Waals surface area contributed by atoms with E-state index in [0.29, 0.717) is 6.42 Å². The van der Waals surface area contributed by atoms with Crippen LogP contribution in [0.1, 0.15) is 27.2 Å². The van der Waals surface area contributed by atoms with Gasteiger partial charge in [0, 0.05) is 12.5 Å². The molecule has 0 aromatic heterocycles. The zero-order valence-electron chi connectivity index (χ0n) is 10.1. The van der Waals surface area contributed by atoms with E-state index in [1.807, 2.05) is 6.92 Å². The summed E-state index contributed by atoms with van der Waals surface area (Å²) in [6.45, 7) is 5.48. The third-order valence-electron chi connectivity index (χ3n) is 2.07. The van der Waals surface area contributed by atoms with Crippen LogP contribution in [0, 0.1) is 0 Å². The number of carbonyl (C=O) groups excluding carboxylic acids is 1. The Labute approximate surface area is 95.2 Å². The fraction of sp³-hybridized carbons (Fsp3) is 0.727. The van der Waals surface area contributed by atoms with E-state index in [2.05, 4.69) is 4.74 Å². The Morgan fingerprint density at radius 2 is 2.19 bits per heavy atom. The second kappa shape index (κ2) is 5.43. The van der Waals surface area contributed by atoms with Crippen molar-refractivity contribution < 1.29 is 24.0 Å². The zero-order chi connectivity index (χ0) is 12.2. The van der Waals surface area contributed by atoms with Gasteiger partial charge in [-0.25, -0.2) is 14.6 Å². The minimum Gasteiger partial charge on any atom is -0.466 e. The summed E-state index contributed by atoms with van der Waals surface area (Å²) in [5.41, 5.74) is 0. The standard InChI is InChI=1S/C11H18O5/c1-8-7-9(5-6-10(12)13-4)15-16-11(2,3)14-8/h5-6,8-9H,7H2,1-4H3/b6-5+. The maximum absolute atomic E-state index is 10.9. The van der Waals surface area contributed by atoms with Gasteiger partial charge in [-0.1, -0.05) is 0 Å². The van der Waals surface area contributed by atoms with Crippen LogP contribution in [0.2, 0.25) is 0 Å². The molecule has 0 aromatic rings. The quantitative estimate of drug-likeness (QED) is 0.409. The summed E-state index contributed by atoms with van der Waals surface area (Å²) < 4.78 is 10.1. The SMILES string of the molecule is COC(=O)/C=C/C1CC(C)OC(C)(C)OO1. The number of esters is 1. The predicted octanol–water partition coefficient (Wildman–Crippen LogP) is 1.58. The number of carbonyl (C=O) groups is 1. The van der Waals surface area contributed by atoms with Crippen molar-refractivity contribution in [3.63, 3.8) is 0 Å². The maximum atomic E-state index is 10.9. The lowest BCUT2D eigenvalue weighted by Gasteiger charge is -2.23. The van der Waals surface area contributed by atoms with Crippen LogP contribution in [0.5, 0.6) is 0 Å². The molecule has 5 nitrogen and oxygen atoms in total. The summed E-state index contributed by atoms with van der Waals surface area (Å²) in [6.07, 6.45) is 3.23. The number of hydrogen-bond donors (Lipinski definition) is 0. The van der Waals surface area contributed by atoms with Gasteiger partial charge < -0.3 is 9.47 Å². The van der Waals surface area contributed by atoms with Crippen molar-refractivity contribution in [2.45, 2.75) is 45.2 Å². The molecule has 2 unspecified atom stereocenters. The Morgan fingerprint density at radius 3 is 2.81 bits per heavy atom. The van der Waals surface area contributed by atoms with Crippen molar-refractivity contribution in [1.29, 1.82) is 0 Å². The normalized spacial score (nSPS) is 30.0. The second-order valence-corrected chi connectivity index (χ2v) is 4.16. The first-order valence-electron chi connectivity index (χ1n) is 5.21. The van der Waals surface area contributed by atoms with E-state index in [9.17, 15) is 4.79 Å². The Balaban J connectivity index is 2.56. The van der Waals surface area contributed by atoms with E-state index in [4.69, 9.17) is 14.5 Å². The summed E-state index contributed by atoms with van der Waals surface area (Å²) in [5.74, 6) is -1.19. The van der Waals surface area contributed by atoms with E-state index < -0.39 is 11.8 Å². The molecule has 1 fully saturated rings. The van der Waals surface area contributed by atoms with Gasteiger partial charge in [-0.3, -0.25) is 0 Å². The molecule has 5 heteroatoms. The summed E-state index contributed by atoms with van der Waals surface area (Å²) in [6, 6.07) is 0. The molecule has 92 valence electrons. The van der Waals surface area contributed by atoms with Crippen molar-refractivity contribution in [3.05, 3.63) is 12.2 Å². The summed E-state index contributed by atoms with van der Waals surface area (Å²) in [7, 11) is 1.33. The molecule has 1 aliphatic heterocycles. The molecule has 0 aromatic carbocycles. The third kappa shape index (κ3) is 4.30. The highest BCUT2D eigenvalue weighted by atomic mass is 17.2. The van der Waals surface area contributed by atoms with Gasteiger partial charge in [-0.15, -0.1) is 0 Å². The Kier molecular flexibility index (Phi) is 4.46. The summed E-state index contributed by atoms with van der Waals surface area (Å²) in [5, 5.41) is 0. The van der Waals surface area contributed by atoms with Gasteiger partial charge in [0.15, 0.2) is 5.79 Å². The number of methoxy groups -OCH3 is 1. The molecule has 16 heavy (non-hydrogen) atoms. The molecule has 0 radical (unpaired) electrons. The van der Waals surface area contributed by atoms with E-state index in [1.54, 1.807) is 19.9 Å². The average molecular weight is 230 g/mol. The second-order valence-electron chi connectivity index (χ2n) is 4.16. The molecule has 0 aliphatic carbocycles. The maximum Gasteiger partial charge on any atom is 0.330 e. The first-order chi connectivity index (χ1) is 7.43. The van der Waals surface area contributed by atoms with Gasteiger partial charge in [0.05, 0.1) is 13.2 Å². The Bertz CT molecular complexity index is 272. The molecule has 1 saturated heterocycles. The van der Waals surface area contributed by atoms with Crippen molar-refractivity contribution >= 4 is 5.97 Å².